The molecule has 2 rings (SSSR count). The lowest BCUT2D eigenvalue weighted by atomic mass is 10.2. The predicted octanol–water partition coefficient (Wildman–Crippen LogP) is 3.72. The van der Waals surface area contributed by atoms with Crippen LogP contribution in [-0.4, -0.2) is 35.9 Å². The van der Waals surface area contributed by atoms with Crippen molar-refractivity contribution in [2.75, 3.05) is 6.26 Å². The summed E-state index contributed by atoms with van der Waals surface area (Å²) in [5.74, 6) is 0. The second kappa shape index (κ2) is 6.50. The van der Waals surface area contributed by atoms with Crippen molar-refractivity contribution < 1.29 is 26.8 Å². The summed E-state index contributed by atoms with van der Waals surface area (Å²) in [6, 6.07) is 1.31. The molecule has 25 heavy (non-hydrogen) atoms. The van der Waals surface area contributed by atoms with Crippen molar-refractivity contribution >= 4 is 39.3 Å². The van der Waals surface area contributed by atoms with Crippen LogP contribution in [-0.2, 0) is 16.0 Å². The van der Waals surface area contributed by atoms with E-state index in [0.29, 0.717) is 12.1 Å². The molecule has 12 heteroatoms. The third-order valence-corrected chi connectivity index (χ3v) is 5.02. The second-order valence-electron chi connectivity index (χ2n) is 5.01. The molecule has 0 atom stereocenters. The average Bonchev–Trinajstić information content (AvgIpc) is 2.74. The van der Waals surface area contributed by atoms with E-state index in [1.807, 2.05) is 0 Å². The highest BCUT2D eigenvalue weighted by Gasteiger charge is 2.33. The molecule has 0 aliphatic heterocycles. The Hall–Kier alpha value is -1.78. The van der Waals surface area contributed by atoms with E-state index in [1.165, 1.54) is 6.92 Å². The van der Waals surface area contributed by atoms with Crippen LogP contribution in [0.1, 0.15) is 17.0 Å². The molecule has 1 N–H and O–H groups in total. The first-order valence-corrected chi connectivity index (χ1v) is 9.06. The van der Waals surface area contributed by atoms with Gasteiger partial charge in [-0.1, -0.05) is 28.4 Å². The Bertz CT molecular complexity index is 946. The second-order valence-corrected chi connectivity index (χ2v) is 7.78. The quantitative estimate of drug-likeness (QED) is 0.470. The van der Waals surface area contributed by atoms with Crippen LogP contribution in [0.3, 0.4) is 0 Å². The van der Waals surface area contributed by atoms with E-state index in [4.69, 9.17) is 28.4 Å². The summed E-state index contributed by atoms with van der Waals surface area (Å²) < 4.78 is 63.3. The minimum absolute atomic E-state index is 0.0426. The lowest BCUT2D eigenvalue weighted by molar-refractivity contribution is -0.137. The van der Waals surface area contributed by atoms with Crippen LogP contribution in [0.15, 0.2) is 22.2 Å². The van der Waals surface area contributed by atoms with Crippen molar-refractivity contribution in [2.45, 2.75) is 18.0 Å². The summed E-state index contributed by atoms with van der Waals surface area (Å²) in [5.41, 5.74) is -1.36. The van der Waals surface area contributed by atoms with Gasteiger partial charge in [-0.15, -0.1) is 0 Å². The minimum Gasteiger partial charge on any atom is -0.411 e. The molecule has 2 aromatic rings. The van der Waals surface area contributed by atoms with E-state index < -0.39 is 21.6 Å². The maximum atomic E-state index is 12.8. The van der Waals surface area contributed by atoms with Gasteiger partial charge in [0.15, 0.2) is 9.84 Å². The van der Waals surface area contributed by atoms with Crippen LogP contribution in [0.4, 0.5) is 13.2 Å². The van der Waals surface area contributed by atoms with Crippen LogP contribution in [0, 0.1) is 6.92 Å². The first-order chi connectivity index (χ1) is 11.4. The van der Waals surface area contributed by atoms with Gasteiger partial charge in [-0.3, -0.25) is 0 Å². The number of nitrogens with zero attached hydrogens (tertiary/aromatic N) is 3. The average molecular weight is 416 g/mol. The van der Waals surface area contributed by atoms with Gasteiger partial charge in [0.2, 0.25) is 0 Å². The van der Waals surface area contributed by atoms with Gasteiger partial charge in [-0.25, -0.2) is 13.1 Å². The Morgan fingerprint density at radius 1 is 1.28 bits per heavy atom. The van der Waals surface area contributed by atoms with E-state index in [1.54, 1.807) is 0 Å². The van der Waals surface area contributed by atoms with Crippen LogP contribution in [0.2, 0.25) is 10.0 Å². The summed E-state index contributed by atoms with van der Waals surface area (Å²) in [6.45, 7) is 1.36. The van der Waals surface area contributed by atoms with E-state index in [2.05, 4.69) is 10.3 Å². The van der Waals surface area contributed by atoms with Gasteiger partial charge in [0.25, 0.3) is 0 Å². The molecule has 0 aliphatic carbocycles. The molecule has 0 saturated heterocycles. The van der Waals surface area contributed by atoms with Crippen molar-refractivity contribution in [1.82, 2.24) is 9.78 Å². The Morgan fingerprint density at radius 3 is 2.20 bits per heavy atom. The van der Waals surface area contributed by atoms with Crippen LogP contribution >= 0.6 is 23.2 Å². The molecule has 6 nitrogen and oxygen atoms in total. The molecule has 1 heterocycles. The highest BCUT2D eigenvalue weighted by Crippen LogP contribution is 2.38. The number of oxime groups is 1. The molecule has 0 saturated carbocycles. The highest BCUT2D eigenvalue weighted by molar-refractivity contribution is 7.90. The van der Waals surface area contributed by atoms with Gasteiger partial charge in [-0.2, -0.15) is 18.3 Å². The third-order valence-electron chi connectivity index (χ3n) is 3.19. The van der Waals surface area contributed by atoms with Crippen molar-refractivity contribution in [3.8, 4) is 5.69 Å². The number of halogens is 5. The summed E-state index contributed by atoms with van der Waals surface area (Å²) in [5, 5.41) is 14.6. The SMILES string of the molecule is Cc1c(S(C)(=O)=O)c(/C=N/O)nn1-c1c(Cl)cc(C(F)(F)F)cc1Cl. The zero-order valence-corrected chi connectivity index (χ0v) is 15.0. The molecule has 136 valence electrons. The zero-order chi connectivity index (χ0) is 19.2. The van der Waals surface area contributed by atoms with Crippen molar-refractivity contribution in [3.05, 3.63) is 39.1 Å². The van der Waals surface area contributed by atoms with Crippen molar-refractivity contribution in [1.29, 1.82) is 0 Å². The van der Waals surface area contributed by atoms with Gasteiger partial charge in [0.1, 0.15) is 16.3 Å². The Balaban J connectivity index is 2.81. The Morgan fingerprint density at radius 2 is 1.80 bits per heavy atom. The molecule has 0 unspecified atom stereocenters. The highest BCUT2D eigenvalue weighted by atomic mass is 35.5. The molecule has 1 aromatic heterocycles. The number of hydrogen-bond donors (Lipinski definition) is 1. The standard InChI is InChI=1S/C13H10Cl2F3N3O3S/c1-6-12(25(2,23)24)10(5-19-22)20-21(6)11-8(14)3-7(4-9(11)15)13(16,17)18/h3-5,22H,1-2H3/b19-5+. The predicted molar refractivity (Wildman–Crippen MR) is 85.8 cm³/mol. The summed E-state index contributed by atoms with van der Waals surface area (Å²) in [4.78, 5) is -0.266. The number of alkyl halides is 3. The summed E-state index contributed by atoms with van der Waals surface area (Å²) in [6.07, 6.45) is -2.96. The van der Waals surface area contributed by atoms with Gasteiger partial charge in [0, 0.05) is 6.26 Å². The molecule has 0 spiro atoms. The maximum Gasteiger partial charge on any atom is 0.416 e. The molecular formula is C13H10Cl2F3N3O3S. The first kappa shape index (κ1) is 19.5. The van der Waals surface area contributed by atoms with Crippen LogP contribution in [0.5, 0.6) is 0 Å². The molecule has 0 fully saturated rings. The van der Waals surface area contributed by atoms with Gasteiger partial charge in [0.05, 0.1) is 27.5 Å². The fraction of sp³-hybridized carbons (Fsp3) is 0.231. The number of rotatable bonds is 3. The smallest absolute Gasteiger partial charge is 0.411 e. The minimum atomic E-state index is -4.66. The van der Waals surface area contributed by atoms with Crippen molar-refractivity contribution in [2.24, 2.45) is 5.16 Å². The molecule has 0 amide bonds. The first-order valence-electron chi connectivity index (χ1n) is 6.41. The molecule has 1 aromatic carbocycles. The fourth-order valence-electron chi connectivity index (χ4n) is 2.26. The van der Waals surface area contributed by atoms with Crippen LogP contribution in [0.25, 0.3) is 5.69 Å². The number of benzene rings is 1. The third kappa shape index (κ3) is 3.75. The lowest BCUT2D eigenvalue weighted by Gasteiger charge is -2.13. The maximum absolute atomic E-state index is 12.8. The molecule has 0 aliphatic rings. The topological polar surface area (TPSA) is 84.6 Å². The number of sulfone groups is 1. The van der Waals surface area contributed by atoms with Crippen molar-refractivity contribution in [3.63, 3.8) is 0 Å². The van der Waals surface area contributed by atoms with Gasteiger partial charge < -0.3 is 5.21 Å². The summed E-state index contributed by atoms with van der Waals surface area (Å²) >= 11 is 11.8. The van der Waals surface area contributed by atoms with Gasteiger partial charge >= 0.3 is 6.18 Å². The van der Waals surface area contributed by atoms with Crippen LogP contribution < -0.4 is 0 Å². The lowest BCUT2D eigenvalue weighted by Crippen LogP contribution is -2.08. The number of hydrogen-bond acceptors (Lipinski definition) is 5. The molecule has 0 radical (unpaired) electrons. The Kier molecular flexibility index (Phi) is 5.08. The zero-order valence-electron chi connectivity index (χ0n) is 12.6. The summed E-state index contributed by atoms with van der Waals surface area (Å²) in [7, 11) is -3.78. The normalized spacial score (nSPS) is 12.9. The van der Waals surface area contributed by atoms with E-state index >= 15 is 0 Å². The Labute approximate surface area is 150 Å². The van der Waals surface area contributed by atoms with Gasteiger partial charge in [-0.05, 0) is 19.1 Å². The van der Waals surface area contributed by atoms with E-state index in [9.17, 15) is 21.6 Å². The largest absolute Gasteiger partial charge is 0.416 e. The van der Waals surface area contributed by atoms with E-state index in [-0.39, 0.29) is 32.0 Å². The number of aromatic nitrogens is 2. The van der Waals surface area contributed by atoms with E-state index in [0.717, 1.165) is 17.2 Å². The molecule has 0 bridgehead atoms. The fourth-order valence-corrected chi connectivity index (χ4v) is 4.00. The molecular weight excluding hydrogens is 406 g/mol. The monoisotopic (exact) mass is 415 g/mol.